The fraction of sp³-hybridized carbons (Fsp3) is 0.500. The number of fused-ring (bicyclic) bond motifs is 3. The van der Waals surface area contributed by atoms with Crippen LogP contribution in [0.25, 0.3) is 11.0 Å². The number of nitrogens with one attached hydrogen (secondary N) is 2. The smallest absolute Gasteiger partial charge is 0.251 e. The van der Waals surface area contributed by atoms with Gasteiger partial charge in [-0.25, -0.2) is 4.98 Å². The summed E-state index contributed by atoms with van der Waals surface area (Å²) in [6.45, 7) is 6.35. The number of hydrogen-bond donors (Lipinski definition) is 2. The lowest BCUT2D eigenvalue weighted by Gasteiger charge is -2.37. The van der Waals surface area contributed by atoms with Crippen molar-refractivity contribution in [1.29, 1.82) is 0 Å². The summed E-state index contributed by atoms with van der Waals surface area (Å²) in [7, 11) is 0. The van der Waals surface area contributed by atoms with Crippen molar-refractivity contribution < 1.29 is 4.74 Å². The van der Waals surface area contributed by atoms with Crippen LogP contribution in [-0.4, -0.2) is 47.2 Å². The lowest BCUT2D eigenvalue weighted by molar-refractivity contribution is 0.114. The minimum atomic E-state index is -0.0546. The molecule has 2 N–H and O–H groups in total. The molecule has 116 valence electrons. The van der Waals surface area contributed by atoms with Crippen LogP contribution in [0.2, 0.25) is 0 Å². The Kier molecular flexibility index (Phi) is 3.35. The number of hydrogen-bond acceptors (Lipinski definition) is 5. The second-order valence-corrected chi connectivity index (χ2v) is 6.13. The second kappa shape index (κ2) is 5.37. The molecule has 0 saturated carbocycles. The van der Waals surface area contributed by atoms with Crippen LogP contribution < -0.4 is 15.6 Å². The summed E-state index contributed by atoms with van der Waals surface area (Å²) in [5.74, 6) is 0.705. The predicted octanol–water partition coefficient (Wildman–Crippen LogP) is 0.788. The molecule has 0 unspecified atom stereocenters. The Morgan fingerprint density at radius 2 is 2.32 bits per heavy atom. The molecule has 6 heteroatoms. The molecule has 0 bridgehead atoms. The number of ether oxygens (including phenoxy) is 1. The van der Waals surface area contributed by atoms with Crippen LogP contribution in [0.5, 0.6) is 5.88 Å². The van der Waals surface area contributed by atoms with E-state index in [1.54, 1.807) is 6.92 Å². The SMILES string of the molecule is Cc1cc2nc3c(cc2[nH]c1=O)CN1CCNC[C@H]1CCO3. The molecule has 2 aliphatic rings. The Bertz CT molecular complexity index is 771. The minimum absolute atomic E-state index is 0.0546. The maximum absolute atomic E-state index is 11.8. The molecule has 0 radical (unpaired) electrons. The first kappa shape index (κ1) is 13.7. The molecule has 4 heterocycles. The van der Waals surface area contributed by atoms with E-state index in [4.69, 9.17) is 4.74 Å². The van der Waals surface area contributed by atoms with Gasteiger partial charge in [-0.05, 0) is 25.5 Å². The van der Waals surface area contributed by atoms with Gasteiger partial charge >= 0.3 is 0 Å². The third-order valence-corrected chi connectivity index (χ3v) is 4.59. The first-order chi connectivity index (χ1) is 10.7. The zero-order chi connectivity index (χ0) is 15.1. The molecule has 0 spiro atoms. The zero-order valence-electron chi connectivity index (χ0n) is 12.7. The van der Waals surface area contributed by atoms with Gasteiger partial charge in [0.2, 0.25) is 5.88 Å². The molecule has 0 aliphatic carbocycles. The summed E-state index contributed by atoms with van der Waals surface area (Å²) < 4.78 is 5.90. The second-order valence-electron chi connectivity index (χ2n) is 6.13. The van der Waals surface area contributed by atoms with Gasteiger partial charge in [0.1, 0.15) is 0 Å². The first-order valence-corrected chi connectivity index (χ1v) is 7.82. The average Bonchev–Trinajstić information content (AvgIpc) is 2.49. The summed E-state index contributed by atoms with van der Waals surface area (Å²) in [6.07, 6.45) is 1.01. The molecule has 1 atom stereocenters. The summed E-state index contributed by atoms with van der Waals surface area (Å²) in [5.41, 5.74) is 3.24. The maximum atomic E-state index is 11.8. The normalized spacial score (nSPS) is 22.3. The van der Waals surface area contributed by atoms with Gasteiger partial charge in [-0.3, -0.25) is 9.69 Å². The highest BCUT2D eigenvalue weighted by molar-refractivity contribution is 5.76. The van der Waals surface area contributed by atoms with E-state index in [-0.39, 0.29) is 5.56 Å². The number of aromatic nitrogens is 2. The van der Waals surface area contributed by atoms with Crippen LogP contribution >= 0.6 is 0 Å². The van der Waals surface area contributed by atoms with Gasteiger partial charge in [-0.1, -0.05) is 0 Å². The van der Waals surface area contributed by atoms with Crippen LogP contribution in [0, 0.1) is 6.92 Å². The van der Waals surface area contributed by atoms with Gasteiger partial charge in [0, 0.05) is 43.3 Å². The number of aryl methyl sites for hydroxylation is 1. The van der Waals surface area contributed by atoms with E-state index >= 15 is 0 Å². The third kappa shape index (κ3) is 2.38. The molecule has 4 rings (SSSR count). The van der Waals surface area contributed by atoms with Crippen molar-refractivity contribution in [2.45, 2.75) is 25.9 Å². The van der Waals surface area contributed by atoms with Crippen LogP contribution in [0.15, 0.2) is 16.9 Å². The highest BCUT2D eigenvalue weighted by atomic mass is 16.5. The lowest BCUT2D eigenvalue weighted by Crippen LogP contribution is -2.51. The van der Waals surface area contributed by atoms with Crippen molar-refractivity contribution in [1.82, 2.24) is 20.2 Å². The van der Waals surface area contributed by atoms with Crippen molar-refractivity contribution in [3.63, 3.8) is 0 Å². The Balaban J connectivity index is 1.79. The standard InChI is InChI=1S/C16H20N4O2/c1-10-6-13-14(18-15(10)21)7-11-9-20-4-3-17-8-12(20)2-5-22-16(11)19-13/h6-7,12,17H,2-5,8-9H2,1H3,(H,18,21)/t12-/m1/s1. The van der Waals surface area contributed by atoms with E-state index in [1.807, 2.05) is 12.1 Å². The molecule has 2 aromatic heterocycles. The Morgan fingerprint density at radius 1 is 1.41 bits per heavy atom. The van der Waals surface area contributed by atoms with Gasteiger partial charge in [0.15, 0.2) is 0 Å². The van der Waals surface area contributed by atoms with E-state index in [0.29, 0.717) is 24.1 Å². The fourth-order valence-corrected chi connectivity index (χ4v) is 3.30. The fourth-order valence-electron chi connectivity index (χ4n) is 3.30. The number of pyridine rings is 2. The molecule has 0 aromatic carbocycles. The van der Waals surface area contributed by atoms with Crippen LogP contribution in [0.1, 0.15) is 17.5 Å². The number of piperazine rings is 1. The minimum Gasteiger partial charge on any atom is -0.477 e. The average molecular weight is 300 g/mol. The van der Waals surface area contributed by atoms with E-state index in [9.17, 15) is 4.79 Å². The highest BCUT2D eigenvalue weighted by Crippen LogP contribution is 2.26. The zero-order valence-corrected chi connectivity index (χ0v) is 12.7. The largest absolute Gasteiger partial charge is 0.477 e. The van der Waals surface area contributed by atoms with E-state index in [1.165, 1.54) is 0 Å². The summed E-state index contributed by atoms with van der Waals surface area (Å²) in [5, 5.41) is 3.44. The summed E-state index contributed by atoms with van der Waals surface area (Å²) in [6, 6.07) is 4.35. The van der Waals surface area contributed by atoms with Crippen LogP contribution in [0.3, 0.4) is 0 Å². The third-order valence-electron chi connectivity index (χ3n) is 4.59. The monoisotopic (exact) mass is 300 g/mol. The Morgan fingerprint density at radius 3 is 3.23 bits per heavy atom. The van der Waals surface area contributed by atoms with Gasteiger partial charge in [-0.15, -0.1) is 0 Å². The highest BCUT2D eigenvalue weighted by Gasteiger charge is 2.26. The van der Waals surface area contributed by atoms with Crippen molar-refractivity contribution >= 4 is 11.0 Å². The first-order valence-electron chi connectivity index (χ1n) is 7.82. The maximum Gasteiger partial charge on any atom is 0.251 e. The molecule has 2 aromatic rings. The summed E-state index contributed by atoms with van der Waals surface area (Å²) in [4.78, 5) is 21.8. The molecule has 0 amide bonds. The number of rotatable bonds is 0. The van der Waals surface area contributed by atoms with Crippen molar-refractivity contribution in [2.75, 3.05) is 26.2 Å². The molecule has 6 nitrogen and oxygen atoms in total. The van der Waals surface area contributed by atoms with Crippen LogP contribution in [0.4, 0.5) is 0 Å². The predicted molar refractivity (Wildman–Crippen MR) is 84.3 cm³/mol. The van der Waals surface area contributed by atoms with E-state index in [2.05, 4.69) is 20.2 Å². The molecular formula is C16H20N4O2. The number of nitrogens with zero attached hydrogens (tertiary/aromatic N) is 2. The summed E-state index contributed by atoms with van der Waals surface area (Å²) >= 11 is 0. The van der Waals surface area contributed by atoms with Crippen molar-refractivity contribution in [2.24, 2.45) is 0 Å². The van der Waals surface area contributed by atoms with Crippen molar-refractivity contribution in [3.05, 3.63) is 33.6 Å². The Labute approximate surface area is 128 Å². The molecule has 1 saturated heterocycles. The van der Waals surface area contributed by atoms with Crippen LogP contribution in [-0.2, 0) is 6.54 Å². The molecule has 2 aliphatic heterocycles. The molecule has 1 fully saturated rings. The lowest BCUT2D eigenvalue weighted by atomic mass is 10.1. The number of H-pyrrole nitrogens is 1. The van der Waals surface area contributed by atoms with Gasteiger partial charge < -0.3 is 15.0 Å². The number of aromatic amines is 1. The quantitative estimate of drug-likeness (QED) is 0.753. The Hall–Kier alpha value is -1.92. The van der Waals surface area contributed by atoms with E-state index < -0.39 is 0 Å². The molecular weight excluding hydrogens is 280 g/mol. The topological polar surface area (TPSA) is 70.2 Å². The van der Waals surface area contributed by atoms with Crippen molar-refractivity contribution in [3.8, 4) is 5.88 Å². The molecule has 22 heavy (non-hydrogen) atoms. The van der Waals surface area contributed by atoms with Gasteiger partial charge in [-0.2, -0.15) is 0 Å². The van der Waals surface area contributed by atoms with E-state index in [0.717, 1.165) is 49.2 Å². The van der Waals surface area contributed by atoms with Gasteiger partial charge in [0.25, 0.3) is 5.56 Å². The van der Waals surface area contributed by atoms with Gasteiger partial charge in [0.05, 0.1) is 17.6 Å².